The summed E-state index contributed by atoms with van der Waals surface area (Å²) in [5.41, 5.74) is 1.82. The Bertz CT molecular complexity index is 1130. The van der Waals surface area contributed by atoms with E-state index in [-0.39, 0.29) is 12.4 Å². The van der Waals surface area contributed by atoms with Crippen LogP contribution < -0.4 is 9.47 Å². The first-order valence-corrected chi connectivity index (χ1v) is 8.74. The van der Waals surface area contributed by atoms with Gasteiger partial charge in [-0.05, 0) is 48.0 Å². The normalized spacial score (nSPS) is 10.9. The standard InChI is InChI=1S/C21H17F2N3O3/c1-27-18-6-5-14(10-19(18)28-2)20-24-21(29-25-20)17-4-3-7-26(17)12-13-8-15(22)11-16(23)9-13/h3-11H,12H2,1-2H3. The van der Waals surface area contributed by atoms with E-state index in [4.69, 9.17) is 14.0 Å². The Kier molecular flexibility index (Phi) is 4.99. The van der Waals surface area contributed by atoms with Gasteiger partial charge < -0.3 is 18.6 Å². The number of hydrogen-bond donors (Lipinski definition) is 0. The molecule has 0 radical (unpaired) electrons. The van der Waals surface area contributed by atoms with Gasteiger partial charge >= 0.3 is 0 Å². The maximum atomic E-state index is 13.5. The highest BCUT2D eigenvalue weighted by Gasteiger charge is 2.16. The number of hydrogen-bond acceptors (Lipinski definition) is 5. The van der Waals surface area contributed by atoms with Crippen molar-refractivity contribution < 1.29 is 22.8 Å². The predicted octanol–water partition coefficient (Wildman–Crippen LogP) is 4.55. The molecule has 29 heavy (non-hydrogen) atoms. The van der Waals surface area contributed by atoms with Crippen molar-refractivity contribution in [3.05, 3.63) is 71.9 Å². The number of ether oxygens (including phenoxy) is 2. The summed E-state index contributed by atoms with van der Waals surface area (Å²) in [6.45, 7) is 0.255. The zero-order valence-electron chi connectivity index (χ0n) is 15.7. The fourth-order valence-electron chi connectivity index (χ4n) is 3.07. The first-order valence-electron chi connectivity index (χ1n) is 8.74. The molecule has 0 bridgehead atoms. The molecule has 0 atom stereocenters. The van der Waals surface area contributed by atoms with Crippen LogP contribution in [0.5, 0.6) is 11.5 Å². The minimum absolute atomic E-state index is 0.255. The van der Waals surface area contributed by atoms with Gasteiger partial charge in [-0.2, -0.15) is 4.98 Å². The van der Waals surface area contributed by atoms with Crippen LogP contribution in [0.1, 0.15) is 5.56 Å². The Morgan fingerprint density at radius 3 is 2.45 bits per heavy atom. The van der Waals surface area contributed by atoms with E-state index >= 15 is 0 Å². The molecule has 2 heterocycles. The van der Waals surface area contributed by atoms with Crippen LogP contribution in [0, 0.1) is 11.6 Å². The summed E-state index contributed by atoms with van der Waals surface area (Å²) in [5, 5.41) is 4.03. The van der Waals surface area contributed by atoms with Crippen molar-refractivity contribution >= 4 is 0 Å². The van der Waals surface area contributed by atoms with Crippen molar-refractivity contribution in [2.45, 2.75) is 6.54 Å². The molecule has 0 aliphatic heterocycles. The molecule has 0 spiro atoms. The third-order valence-electron chi connectivity index (χ3n) is 4.39. The van der Waals surface area contributed by atoms with Gasteiger partial charge in [-0.25, -0.2) is 8.78 Å². The van der Waals surface area contributed by atoms with E-state index < -0.39 is 11.6 Å². The van der Waals surface area contributed by atoms with Gasteiger partial charge in [0, 0.05) is 24.4 Å². The van der Waals surface area contributed by atoms with Gasteiger partial charge in [0.1, 0.15) is 17.3 Å². The molecule has 0 aliphatic carbocycles. The zero-order chi connectivity index (χ0) is 20.4. The van der Waals surface area contributed by atoms with Gasteiger partial charge in [-0.1, -0.05) is 5.16 Å². The molecule has 2 aromatic heterocycles. The second-order valence-electron chi connectivity index (χ2n) is 6.29. The topological polar surface area (TPSA) is 62.3 Å². The molecule has 0 aliphatic rings. The molecule has 0 amide bonds. The van der Waals surface area contributed by atoms with E-state index in [0.29, 0.717) is 34.1 Å². The lowest BCUT2D eigenvalue weighted by atomic mass is 10.2. The van der Waals surface area contributed by atoms with Crippen LogP contribution in [-0.4, -0.2) is 28.9 Å². The SMILES string of the molecule is COc1ccc(-c2noc(-c3cccn3Cc3cc(F)cc(F)c3)n2)cc1OC. The minimum Gasteiger partial charge on any atom is -0.493 e. The summed E-state index contributed by atoms with van der Waals surface area (Å²) < 4.78 is 44.7. The van der Waals surface area contributed by atoms with Gasteiger partial charge in [-0.15, -0.1) is 0 Å². The van der Waals surface area contributed by atoms with E-state index in [1.165, 1.54) is 12.1 Å². The molecule has 6 nitrogen and oxygen atoms in total. The van der Waals surface area contributed by atoms with E-state index in [9.17, 15) is 8.78 Å². The van der Waals surface area contributed by atoms with Gasteiger partial charge in [0.05, 0.1) is 14.2 Å². The van der Waals surface area contributed by atoms with E-state index in [0.717, 1.165) is 6.07 Å². The predicted molar refractivity (Wildman–Crippen MR) is 102 cm³/mol. The van der Waals surface area contributed by atoms with Crippen LogP contribution in [0.25, 0.3) is 23.0 Å². The third-order valence-corrected chi connectivity index (χ3v) is 4.39. The summed E-state index contributed by atoms with van der Waals surface area (Å²) in [6.07, 6.45) is 1.78. The molecule has 4 rings (SSSR count). The maximum absolute atomic E-state index is 13.5. The Balaban J connectivity index is 1.63. The van der Waals surface area contributed by atoms with Crippen LogP contribution in [0.2, 0.25) is 0 Å². The Morgan fingerprint density at radius 1 is 0.966 bits per heavy atom. The zero-order valence-corrected chi connectivity index (χ0v) is 15.7. The van der Waals surface area contributed by atoms with Gasteiger partial charge in [0.15, 0.2) is 11.5 Å². The molecular formula is C21H17F2N3O3. The van der Waals surface area contributed by atoms with Crippen molar-refractivity contribution in [3.63, 3.8) is 0 Å². The van der Waals surface area contributed by atoms with Crippen molar-refractivity contribution in [2.24, 2.45) is 0 Å². The van der Waals surface area contributed by atoms with E-state index in [2.05, 4.69) is 10.1 Å². The molecule has 2 aromatic carbocycles. The second-order valence-corrected chi connectivity index (χ2v) is 6.29. The lowest BCUT2D eigenvalue weighted by Crippen LogP contribution is -2.01. The van der Waals surface area contributed by atoms with Crippen molar-refractivity contribution in [1.29, 1.82) is 0 Å². The quantitative estimate of drug-likeness (QED) is 0.478. The lowest BCUT2D eigenvalue weighted by molar-refractivity contribution is 0.355. The van der Waals surface area contributed by atoms with Gasteiger partial charge in [0.2, 0.25) is 5.82 Å². The van der Waals surface area contributed by atoms with Crippen LogP contribution in [-0.2, 0) is 6.54 Å². The largest absolute Gasteiger partial charge is 0.493 e. The molecule has 0 fully saturated rings. The number of halogens is 2. The highest BCUT2D eigenvalue weighted by molar-refractivity contribution is 5.62. The van der Waals surface area contributed by atoms with E-state index in [1.807, 2.05) is 0 Å². The molecule has 0 N–H and O–H groups in total. The molecular weight excluding hydrogens is 380 g/mol. The summed E-state index contributed by atoms with van der Waals surface area (Å²) in [7, 11) is 3.11. The van der Waals surface area contributed by atoms with Crippen LogP contribution in [0.3, 0.4) is 0 Å². The van der Waals surface area contributed by atoms with Crippen LogP contribution >= 0.6 is 0 Å². The smallest absolute Gasteiger partial charge is 0.274 e. The van der Waals surface area contributed by atoms with E-state index in [1.54, 1.807) is 55.3 Å². The number of aromatic nitrogens is 3. The average molecular weight is 397 g/mol. The fraction of sp³-hybridized carbons (Fsp3) is 0.143. The van der Waals surface area contributed by atoms with Crippen LogP contribution in [0.15, 0.2) is 59.3 Å². The fourth-order valence-corrected chi connectivity index (χ4v) is 3.07. The van der Waals surface area contributed by atoms with Crippen molar-refractivity contribution in [3.8, 4) is 34.5 Å². The Labute approximate surface area is 165 Å². The number of benzene rings is 2. The number of rotatable bonds is 6. The second kappa shape index (κ2) is 7.75. The van der Waals surface area contributed by atoms with Crippen molar-refractivity contribution in [2.75, 3.05) is 14.2 Å². The molecule has 8 heteroatoms. The molecule has 0 saturated carbocycles. The summed E-state index contributed by atoms with van der Waals surface area (Å²) in [5.74, 6) is 0.565. The molecule has 148 valence electrons. The lowest BCUT2D eigenvalue weighted by Gasteiger charge is -2.08. The monoisotopic (exact) mass is 397 g/mol. The summed E-state index contributed by atoms with van der Waals surface area (Å²) in [4.78, 5) is 4.45. The highest BCUT2D eigenvalue weighted by Crippen LogP contribution is 2.32. The average Bonchev–Trinajstić information content (AvgIpc) is 3.36. The molecule has 4 aromatic rings. The van der Waals surface area contributed by atoms with Gasteiger partial charge in [-0.3, -0.25) is 0 Å². The molecule has 0 saturated heterocycles. The van der Waals surface area contributed by atoms with Gasteiger partial charge in [0.25, 0.3) is 5.89 Å². The maximum Gasteiger partial charge on any atom is 0.274 e. The minimum atomic E-state index is -0.623. The first-order chi connectivity index (χ1) is 14.1. The highest BCUT2D eigenvalue weighted by atomic mass is 19.1. The Morgan fingerprint density at radius 2 is 1.72 bits per heavy atom. The number of methoxy groups -OCH3 is 2. The Hall–Kier alpha value is -3.68. The van der Waals surface area contributed by atoms with Crippen LogP contribution in [0.4, 0.5) is 8.78 Å². The van der Waals surface area contributed by atoms with Crippen molar-refractivity contribution in [1.82, 2.24) is 14.7 Å². The number of nitrogens with zero attached hydrogens (tertiary/aromatic N) is 3. The first kappa shape index (κ1) is 18.7. The third kappa shape index (κ3) is 3.82. The molecule has 0 unspecified atom stereocenters. The summed E-state index contributed by atoms with van der Waals surface area (Å²) in [6, 6.07) is 12.3. The summed E-state index contributed by atoms with van der Waals surface area (Å²) >= 11 is 0.